The van der Waals surface area contributed by atoms with E-state index in [-0.39, 0.29) is 22.8 Å². The van der Waals surface area contributed by atoms with Crippen LogP contribution in [0.2, 0.25) is 0 Å². The number of ether oxygens (including phenoxy) is 1. The van der Waals surface area contributed by atoms with Gasteiger partial charge in [-0.15, -0.1) is 0 Å². The second-order valence-electron chi connectivity index (χ2n) is 6.07. The highest BCUT2D eigenvalue weighted by Crippen LogP contribution is 2.37. The van der Waals surface area contributed by atoms with Gasteiger partial charge in [0.15, 0.2) is 5.76 Å². The van der Waals surface area contributed by atoms with Gasteiger partial charge in [0.1, 0.15) is 5.75 Å². The molecule has 0 aliphatic carbocycles. The van der Waals surface area contributed by atoms with Crippen LogP contribution in [0.4, 0.5) is 24.5 Å². The molecule has 1 heterocycles. The predicted molar refractivity (Wildman–Crippen MR) is 104 cm³/mol. The zero-order valence-corrected chi connectivity index (χ0v) is 15.7. The van der Waals surface area contributed by atoms with Crippen LogP contribution >= 0.6 is 0 Å². The van der Waals surface area contributed by atoms with Crippen LogP contribution in [0.15, 0.2) is 65.3 Å². The number of carbonyl (C=O) groups excluding carboxylic acids is 2. The highest BCUT2D eigenvalue weighted by atomic mass is 19.4. The first-order valence-corrected chi connectivity index (χ1v) is 8.89. The Labute approximate surface area is 169 Å². The molecule has 2 aromatic carbocycles. The van der Waals surface area contributed by atoms with E-state index in [0.717, 1.165) is 12.1 Å². The van der Waals surface area contributed by atoms with Crippen molar-refractivity contribution in [2.45, 2.75) is 13.1 Å². The Morgan fingerprint density at radius 1 is 1.00 bits per heavy atom. The Morgan fingerprint density at radius 3 is 2.43 bits per heavy atom. The molecule has 0 bridgehead atoms. The van der Waals surface area contributed by atoms with Gasteiger partial charge in [0, 0.05) is 5.69 Å². The standard InChI is InChI=1S/C21H17F3N2O4/c1-2-29-17-7-4-3-6-14(17)19(27)26-16-10-9-13(12-15(16)21(22,23)24)25-20(28)18-8-5-11-30-18/h3-12H,2H2,1H3,(H,25,28)(H,26,27). The summed E-state index contributed by atoms with van der Waals surface area (Å²) in [4.78, 5) is 24.6. The van der Waals surface area contributed by atoms with E-state index < -0.39 is 29.2 Å². The van der Waals surface area contributed by atoms with Crippen LogP contribution < -0.4 is 15.4 Å². The van der Waals surface area contributed by atoms with Gasteiger partial charge in [-0.05, 0) is 49.4 Å². The van der Waals surface area contributed by atoms with Crippen molar-refractivity contribution >= 4 is 23.2 Å². The number of para-hydroxylation sites is 1. The molecule has 0 unspecified atom stereocenters. The lowest BCUT2D eigenvalue weighted by molar-refractivity contribution is -0.136. The minimum absolute atomic E-state index is 0.0477. The van der Waals surface area contributed by atoms with Gasteiger partial charge in [-0.2, -0.15) is 13.2 Å². The average molecular weight is 418 g/mol. The number of halogens is 3. The van der Waals surface area contributed by atoms with Gasteiger partial charge < -0.3 is 19.8 Å². The first-order chi connectivity index (χ1) is 14.3. The molecule has 156 valence electrons. The van der Waals surface area contributed by atoms with Crippen molar-refractivity contribution in [3.05, 3.63) is 77.7 Å². The summed E-state index contributed by atoms with van der Waals surface area (Å²) in [5.74, 6) is -1.24. The average Bonchev–Trinajstić information content (AvgIpc) is 3.24. The van der Waals surface area contributed by atoms with Crippen LogP contribution in [0.3, 0.4) is 0 Å². The molecule has 1 aromatic heterocycles. The second kappa shape index (κ2) is 8.73. The van der Waals surface area contributed by atoms with Crippen molar-refractivity contribution in [2.24, 2.45) is 0 Å². The Morgan fingerprint density at radius 2 is 1.77 bits per heavy atom. The normalized spacial score (nSPS) is 11.1. The number of furan rings is 1. The summed E-state index contributed by atoms with van der Waals surface area (Å²) >= 11 is 0. The number of hydrogen-bond donors (Lipinski definition) is 2. The summed E-state index contributed by atoms with van der Waals surface area (Å²) in [6.45, 7) is 2.02. The largest absolute Gasteiger partial charge is 0.493 e. The molecule has 9 heteroatoms. The molecule has 0 saturated heterocycles. The van der Waals surface area contributed by atoms with Crippen molar-refractivity contribution in [1.29, 1.82) is 0 Å². The Kier molecular flexibility index (Phi) is 6.10. The molecule has 0 aliphatic heterocycles. The quantitative estimate of drug-likeness (QED) is 0.577. The summed E-state index contributed by atoms with van der Waals surface area (Å²) < 4.78 is 51.0. The molecule has 6 nitrogen and oxygen atoms in total. The summed E-state index contributed by atoms with van der Waals surface area (Å²) in [5.41, 5.74) is -1.56. The fourth-order valence-electron chi connectivity index (χ4n) is 2.69. The number of amides is 2. The van der Waals surface area contributed by atoms with Crippen LogP contribution in [-0.2, 0) is 6.18 Å². The van der Waals surface area contributed by atoms with Gasteiger partial charge in [0.2, 0.25) is 0 Å². The highest BCUT2D eigenvalue weighted by molar-refractivity contribution is 6.07. The number of hydrogen-bond acceptors (Lipinski definition) is 4. The molecule has 3 rings (SSSR count). The lowest BCUT2D eigenvalue weighted by Crippen LogP contribution is -2.18. The molecule has 3 aromatic rings. The van der Waals surface area contributed by atoms with Gasteiger partial charge in [-0.3, -0.25) is 9.59 Å². The van der Waals surface area contributed by atoms with E-state index in [1.807, 2.05) is 0 Å². The lowest BCUT2D eigenvalue weighted by Gasteiger charge is -2.16. The molecule has 30 heavy (non-hydrogen) atoms. The summed E-state index contributed by atoms with van der Waals surface area (Å²) in [7, 11) is 0. The van der Waals surface area contributed by atoms with E-state index in [1.54, 1.807) is 25.1 Å². The van der Waals surface area contributed by atoms with Crippen molar-refractivity contribution < 1.29 is 31.9 Å². The molecule has 0 radical (unpaired) electrons. The third kappa shape index (κ3) is 4.80. The van der Waals surface area contributed by atoms with E-state index in [2.05, 4.69) is 10.6 Å². The molecular formula is C21H17F3N2O4. The minimum Gasteiger partial charge on any atom is -0.493 e. The van der Waals surface area contributed by atoms with Crippen LogP contribution in [0.1, 0.15) is 33.4 Å². The zero-order chi connectivity index (χ0) is 21.7. The van der Waals surface area contributed by atoms with E-state index in [4.69, 9.17) is 9.15 Å². The molecule has 0 saturated carbocycles. The predicted octanol–water partition coefficient (Wildman–Crippen LogP) is 5.20. The zero-order valence-electron chi connectivity index (χ0n) is 15.7. The first-order valence-electron chi connectivity index (χ1n) is 8.89. The third-order valence-electron chi connectivity index (χ3n) is 4.01. The van der Waals surface area contributed by atoms with Crippen molar-refractivity contribution in [3.8, 4) is 5.75 Å². The van der Waals surface area contributed by atoms with Crippen molar-refractivity contribution in [2.75, 3.05) is 17.2 Å². The molecule has 2 amide bonds. The highest BCUT2D eigenvalue weighted by Gasteiger charge is 2.34. The van der Waals surface area contributed by atoms with Crippen LogP contribution in [-0.4, -0.2) is 18.4 Å². The topological polar surface area (TPSA) is 80.6 Å². The summed E-state index contributed by atoms with van der Waals surface area (Å²) in [5, 5.41) is 4.60. The van der Waals surface area contributed by atoms with E-state index in [1.165, 1.54) is 30.5 Å². The summed E-state index contributed by atoms with van der Waals surface area (Å²) in [6, 6.07) is 12.2. The maximum absolute atomic E-state index is 13.6. The Hall–Kier alpha value is -3.75. The van der Waals surface area contributed by atoms with E-state index >= 15 is 0 Å². The van der Waals surface area contributed by atoms with Crippen LogP contribution in [0, 0.1) is 0 Å². The SMILES string of the molecule is CCOc1ccccc1C(=O)Nc1ccc(NC(=O)c2ccco2)cc1C(F)(F)F. The maximum atomic E-state index is 13.6. The van der Waals surface area contributed by atoms with Crippen LogP contribution in [0.25, 0.3) is 0 Å². The molecular weight excluding hydrogens is 401 g/mol. The molecule has 2 N–H and O–H groups in total. The molecule has 0 fully saturated rings. The number of carbonyl (C=O) groups is 2. The Balaban J connectivity index is 1.88. The lowest BCUT2D eigenvalue weighted by atomic mass is 10.1. The van der Waals surface area contributed by atoms with Crippen molar-refractivity contribution in [3.63, 3.8) is 0 Å². The van der Waals surface area contributed by atoms with Gasteiger partial charge in [0.05, 0.1) is 29.7 Å². The summed E-state index contributed by atoms with van der Waals surface area (Å²) in [6.07, 6.45) is -3.50. The smallest absolute Gasteiger partial charge is 0.418 e. The maximum Gasteiger partial charge on any atom is 0.418 e. The number of anilines is 2. The van der Waals surface area contributed by atoms with Gasteiger partial charge in [-0.25, -0.2) is 0 Å². The number of benzene rings is 2. The van der Waals surface area contributed by atoms with Crippen molar-refractivity contribution in [1.82, 2.24) is 0 Å². The Bertz CT molecular complexity index is 1050. The van der Waals surface area contributed by atoms with E-state index in [0.29, 0.717) is 6.61 Å². The minimum atomic E-state index is -4.77. The van der Waals surface area contributed by atoms with E-state index in [9.17, 15) is 22.8 Å². The first kappa shape index (κ1) is 21.0. The van der Waals surface area contributed by atoms with Gasteiger partial charge in [0.25, 0.3) is 11.8 Å². The second-order valence-corrected chi connectivity index (χ2v) is 6.07. The monoisotopic (exact) mass is 418 g/mol. The van der Waals surface area contributed by atoms with Gasteiger partial charge in [-0.1, -0.05) is 12.1 Å². The van der Waals surface area contributed by atoms with Crippen LogP contribution in [0.5, 0.6) is 5.75 Å². The van der Waals surface area contributed by atoms with Gasteiger partial charge >= 0.3 is 6.18 Å². The molecule has 0 spiro atoms. The number of nitrogens with one attached hydrogen (secondary N) is 2. The fraction of sp³-hybridized carbons (Fsp3) is 0.143. The third-order valence-corrected chi connectivity index (χ3v) is 4.01. The molecule has 0 atom stereocenters. The fourth-order valence-corrected chi connectivity index (χ4v) is 2.69. The number of alkyl halides is 3. The molecule has 0 aliphatic rings. The number of rotatable bonds is 6.